The molecule has 0 aliphatic heterocycles. The summed E-state index contributed by atoms with van der Waals surface area (Å²) in [6, 6.07) is 0. The monoisotopic (exact) mass is 272 g/mol. The van der Waals surface area contributed by atoms with E-state index in [1.165, 1.54) is 29.8 Å². The molecule has 2 nitrogen and oxygen atoms in total. The minimum Gasteiger partial charge on any atom is -0.269 e. The van der Waals surface area contributed by atoms with Crippen LogP contribution in [-0.4, -0.2) is 15.1 Å². The van der Waals surface area contributed by atoms with E-state index in [0.29, 0.717) is 0 Å². The topological polar surface area (TPSA) is 17.8 Å². The van der Waals surface area contributed by atoms with E-state index in [2.05, 4.69) is 53.4 Å². The highest BCUT2D eigenvalue weighted by Gasteiger charge is 2.08. The highest BCUT2D eigenvalue weighted by atomic mass is 79.9. The number of halogens is 1. The van der Waals surface area contributed by atoms with Crippen LogP contribution in [0.1, 0.15) is 36.7 Å². The molecule has 0 saturated carbocycles. The fourth-order valence-electron chi connectivity index (χ4n) is 1.68. The van der Waals surface area contributed by atoms with Crippen LogP contribution in [0.2, 0.25) is 0 Å². The van der Waals surface area contributed by atoms with Crippen LogP contribution in [0.5, 0.6) is 0 Å². The second-order valence-corrected chi connectivity index (χ2v) is 5.18. The second-order valence-electron chi connectivity index (χ2n) is 4.39. The van der Waals surface area contributed by atoms with Gasteiger partial charge in [-0.3, -0.25) is 4.68 Å². The SMILES string of the molecule is Cc1nn(CCC(C)CCBr)c(C)c1C. The quantitative estimate of drug-likeness (QED) is 0.749. The summed E-state index contributed by atoms with van der Waals surface area (Å²) in [5.74, 6) is 0.772. The molecule has 15 heavy (non-hydrogen) atoms. The van der Waals surface area contributed by atoms with Crippen molar-refractivity contribution in [1.29, 1.82) is 0 Å². The average molecular weight is 273 g/mol. The van der Waals surface area contributed by atoms with Crippen molar-refractivity contribution >= 4 is 15.9 Å². The minimum atomic E-state index is 0.772. The first-order chi connectivity index (χ1) is 7.06. The Labute approximate surface area is 101 Å². The van der Waals surface area contributed by atoms with Crippen LogP contribution in [-0.2, 0) is 6.54 Å². The van der Waals surface area contributed by atoms with Crippen molar-refractivity contribution in [2.24, 2.45) is 5.92 Å². The van der Waals surface area contributed by atoms with Gasteiger partial charge in [-0.25, -0.2) is 0 Å². The highest BCUT2D eigenvalue weighted by Crippen LogP contribution is 2.15. The lowest BCUT2D eigenvalue weighted by Gasteiger charge is -2.10. The van der Waals surface area contributed by atoms with Gasteiger partial charge in [0.05, 0.1) is 5.69 Å². The van der Waals surface area contributed by atoms with Gasteiger partial charge in [0.1, 0.15) is 0 Å². The molecule has 1 rings (SSSR count). The molecule has 0 fully saturated rings. The summed E-state index contributed by atoms with van der Waals surface area (Å²) < 4.78 is 2.15. The maximum absolute atomic E-state index is 4.55. The van der Waals surface area contributed by atoms with E-state index >= 15 is 0 Å². The number of aryl methyl sites for hydroxylation is 2. The molecular formula is C12H21BrN2. The summed E-state index contributed by atoms with van der Waals surface area (Å²) in [6.45, 7) is 9.75. The van der Waals surface area contributed by atoms with Gasteiger partial charge < -0.3 is 0 Å². The van der Waals surface area contributed by atoms with Gasteiger partial charge in [0, 0.05) is 17.6 Å². The molecule has 0 aliphatic carbocycles. The van der Waals surface area contributed by atoms with E-state index in [1.807, 2.05) is 0 Å². The van der Waals surface area contributed by atoms with Gasteiger partial charge in [-0.05, 0) is 45.1 Å². The molecule has 1 aromatic heterocycles. The molecular weight excluding hydrogens is 252 g/mol. The standard InChI is InChI=1S/C12H21BrN2/c1-9(5-7-13)6-8-15-12(4)10(2)11(3)14-15/h9H,5-8H2,1-4H3. The van der Waals surface area contributed by atoms with Gasteiger partial charge in [-0.2, -0.15) is 5.10 Å². The molecule has 0 radical (unpaired) electrons. The first kappa shape index (κ1) is 12.8. The number of nitrogens with zero attached hydrogens (tertiary/aromatic N) is 2. The number of hydrogen-bond acceptors (Lipinski definition) is 1. The van der Waals surface area contributed by atoms with E-state index in [-0.39, 0.29) is 0 Å². The Morgan fingerprint density at radius 1 is 1.27 bits per heavy atom. The van der Waals surface area contributed by atoms with Gasteiger partial charge in [-0.15, -0.1) is 0 Å². The third kappa shape index (κ3) is 3.33. The van der Waals surface area contributed by atoms with Crippen LogP contribution >= 0.6 is 15.9 Å². The summed E-state index contributed by atoms with van der Waals surface area (Å²) in [5.41, 5.74) is 3.82. The number of aromatic nitrogens is 2. The van der Waals surface area contributed by atoms with Crippen molar-refractivity contribution in [1.82, 2.24) is 9.78 Å². The summed E-state index contributed by atoms with van der Waals surface area (Å²) in [4.78, 5) is 0. The zero-order valence-electron chi connectivity index (χ0n) is 10.2. The molecule has 0 saturated heterocycles. The lowest BCUT2D eigenvalue weighted by atomic mass is 10.1. The zero-order chi connectivity index (χ0) is 11.4. The minimum absolute atomic E-state index is 0.772. The molecule has 1 unspecified atom stereocenters. The molecule has 0 spiro atoms. The maximum Gasteiger partial charge on any atom is 0.0625 e. The lowest BCUT2D eigenvalue weighted by Crippen LogP contribution is -2.07. The Morgan fingerprint density at radius 2 is 1.93 bits per heavy atom. The number of alkyl halides is 1. The molecule has 1 heterocycles. The molecule has 0 aromatic carbocycles. The number of hydrogen-bond donors (Lipinski definition) is 0. The van der Waals surface area contributed by atoms with Crippen molar-refractivity contribution in [3.8, 4) is 0 Å². The molecule has 1 aromatic rings. The lowest BCUT2D eigenvalue weighted by molar-refractivity contribution is 0.446. The normalized spacial score (nSPS) is 13.1. The van der Waals surface area contributed by atoms with E-state index in [0.717, 1.165) is 17.8 Å². The van der Waals surface area contributed by atoms with Crippen molar-refractivity contribution in [2.45, 2.75) is 47.1 Å². The predicted molar refractivity (Wildman–Crippen MR) is 68.6 cm³/mol. The van der Waals surface area contributed by atoms with Gasteiger partial charge in [0.15, 0.2) is 0 Å². The second kappa shape index (κ2) is 5.69. The van der Waals surface area contributed by atoms with Gasteiger partial charge in [0.25, 0.3) is 0 Å². The number of rotatable bonds is 5. The van der Waals surface area contributed by atoms with Crippen LogP contribution in [0.25, 0.3) is 0 Å². The van der Waals surface area contributed by atoms with Crippen LogP contribution in [0.15, 0.2) is 0 Å². The molecule has 86 valence electrons. The molecule has 3 heteroatoms. The Kier molecular flexibility index (Phi) is 4.84. The van der Waals surface area contributed by atoms with Crippen molar-refractivity contribution < 1.29 is 0 Å². The molecule has 0 N–H and O–H groups in total. The fourth-order valence-corrected chi connectivity index (χ4v) is 2.46. The molecule has 0 amide bonds. The Morgan fingerprint density at radius 3 is 2.40 bits per heavy atom. The summed E-state index contributed by atoms with van der Waals surface area (Å²) in [7, 11) is 0. The first-order valence-corrected chi connectivity index (χ1v) is 6.75. The molecule has 0 aliphatic rings. The molecule has 1 atom stereocenters. The average Bonchev–Trinajstić information content (AvgIpc) is 2.43. The van der Waals surface area contributed by atoms with Crippen LogP contribution in [0.3, 0.4) is 0 Å². The van der Waals surface area contributed by atoms with Crippen LogP contribution in [0, 0.1) is 26.7 Å². The van der Waals surface area contributed by atoms with E-state index in [4.69, 9.17) is 0 Å². The van der Waals surface area contributed by atoms with Crippen molar-refractivity contribution in [2.75, 3.05) is 5.33 Å². The Balaban J connectivity index is 2.54. The highest BCUT2D eigenvalue weighted by molar-refractivity contribution is 9.09. The third-order valence-electron chi connectivity index (χ3n) is 3.18. The van der Waals surface area contributed by atoms with Gasteiger partial charge in [-0.1, -0.05) is 22.9 Å². The van der Waals surface area contributed by atoms with E-state index in [9.17, 15) is 0 Å². The summed E-state index contributed by atoms with van der Waals surface area (Å²) in [6.07, 6.45) is 2.46. The predicted octanol–water partition coefficient (Wildman–Crippen LogP) is 3.62. The van der Waals surface area contributed by atoms with Crippen molar-refractivity contribution in [3.05, 3.63) is 17.0 Å². The summed E-state index contributed by atoms with van der Waals surface area (Å²) >= 11 is 3.48. The molecule has 0 bridgehead atoms. The Bertz CT molecular complexity index is 318. The third-order valence-corrected chi connectivity index (χ3v) is 3.64. The Hall–Kier alpha value is -0.310. The smallest absolute Gasteiger partial charge is 0.0625 e. The largest absolute Gasteiger partial charge is 0.269 e. The van der Waals surface area contributed by atoms with Crippen LogP contribution < -0.4 is 0 Å². The fraction of sp³-hybridized carbons (Fsp3) is 0.750. The van der Waals surface area contributed by atoms with E-state index in [1.54, 1.807) is 0 Å². The first-order valence-electron chi connectivity index (χ1n) is 5.62. The zero-order valence-corrected chi connectivity index (χ0v) is 11.8. The van der Waals surface area contributed by atoms with E-state index < -0.39 is 0 Å². The summed E-state index contributed by atoms with van der Waals surface area (Å²) in [5, 5.41) is 5.65. The maximum atomic E-state index is 4.55. The van der Waals surface area contributed by atoms with Gasteiger partial charge in [0.2, 0.25) is 0 Å². The van der Waals surface area contributed by atoms with Gasteiger partial charge >= 0.3 is 0 Å². The van der Waals surface area contributed by atoms with Crippen molar-refractivity contribution in [3.63, 3.8) is 0 Å². The van der Waals surface area contributed by atoms with Crippen LogP contribution in [0.4, 0.5) is 0 Å².